The molecule has 0 saturated heterocycles. The van der Waals surface area contributed by atoms with Crippen LogP contribution in [-0.4, -0.2) is 20.6 Å². The predicted molar refractivity (Wildman–Crippen MR) is 81.6 cm³/mol. The quantitative estimate of drug-likeness (QED) is 0.833. The molecule has 1 amide bonds. The van der Waals surface area contributed by atoms with Gasteiger partial charge in [-0.3, -0.25) is 9.00 Å². The third kappa shape index (κ3) is 4.67. The molecule has 4 nitrogen and oxygen atoms in total. The molecule has 1 rings (SSSR count). The smallest absolute Gasteiger partial charge is 0.225 e. The largest absolute Gasteiger partial charge is 0.398 e. The molecular weight excluding hydrogens is 260 g/mol. The number of rotatable bonds is 4. The molecule has 0 aliphatic heterocycles. The van der Waals surface area contributed by atoms with Gasteiger partial charge < -0.3 is 11.1 Å². The van der Waals surface area contributed by atoms with Crippen molar-refractivity contribution in [2.24, 2.45) is 0 Å². The molecule has 19 heavy (non-hydrogen) atoms. The lowest BCUT2D eigenvalue weighted by Gasteiger charge is -2.17. The Hall–Kier alpha value is -1.36. The molecule has 106 valence electrons. The Kier molecular flexibility index (Phi) is 5.11. The maximum Gasteiger partial charge on any atom is 0.225 e. The molecule has 0 aliphatic carbocycles. The van der Waals surface area contributed by atoms with Crippen LogP contribution < -0.4 is 11.1 Å². The molecule has 5 heteroatoms. The molecule has 0 radical (unpaired) electrons. The summed E-state index contributed by atoms with van der Waals surface area (Å²) in [6.07, 6.45) is 0.248. The summed E-state index contributed by atoms with van der Waals surface area (Å²) in [4.78, 5) is 11.8. The van der Waals surface area contributed by atoms with Crippen molar-refractivity contribution in [1.82, 2.24) is 0 Å². The molecule has 0 fully saturated rings. The maximum atomic E-state index is 11.9. The summed E-state index contributed by atoms with van der Waals surface area (Å²) in [5.41, 5.74) is 7.99. The lowest BCUT2D eigenvalue weighted by atomic mass is 10.1. The Labute approximate surface area is 117 Å². The fourth-order valence-corrected chi connectivity index (χ4v) is 2.48. The summed E-state index contributed by atoms with van der Waals surface area (Å²) in [7, 11) is -1.01. The van der Waals surface area contributed by atoms with E-state index >= 15 is 0 Å². The minimum Gasteiger partial charge on any atom is -0.398 e. The van der Waals surface area contributed by atoms with Crippen LogP contribution in [-0.2, 0) is 15.6 Å². The number of hydrogen-bond acceptors (Lipinski definition) is 3. The molecule has 1 aromatic rings. The van der Waals surface area contributed by atoms with E-state index < -0.39 is 10.8 Å². The molecule has 3 N–H and O–H groups in total. The Bertz CT molecular complexity index is 493. The Morgan fingerprint density at radius 3 is 2.58 bits per heavy atom. The first-order chi connectivity index (χ1) is 8.71. The third-order valence-corrected chi connectivity index (χ3v) is 4.79. The van der Waals surface area contributed by atoms with Crippen LogP contribution in [0, 0.1) is 6.92 Å². The van der Waals surface area contributed by atoms with Crippen LogP contribution in [0.2, 0.25) is 0 Å². The van der Waals surface area contributed by atoms with Crippen molar-refractivity contribution < 1.29 is 9.00 Å². The van der Waals surface area contributed by atoms with Crippen LogP contribution in [0.1, 0.15) is 32.8 Å². The van der Waals surface area contributed by atoms with Gasteiger partial charge in [-0.05, 0) is 45.4 Å². The van der Waals surface area contributed by atoms with E-state index in [1.165, 1.54) is 0 Å². The molecule has 0 saturated carbocycles. The van der Waals surface area contributed by atoms with Crippen molar-refractivity contribution in [3.63, 3.8) is 0 Å². The first kappa shape index (κ1) is 15.7. The van der Waals surface area contributed by atoms with E-state index in [9.17, 15) is 9.00 Å². The van der Waals surface area contributed by atoms with Crippen LogP contribution >= 0.6 is 0 Å². The lowest BCUT2D eigenvalue weighted by Crippen LogP contribution is -2.26. The first-order valence-electron chi connectivity index (χ1n) is 6.25. The Morgan fingerprint density at radius 2 is 2.00 bits per heavy atom. The zero-order valence-electron chi connectivity index (χ0n) is 11.9. The van der Waals surface area contributed by atoms with Gasteiger partial charge >= 0.3 is 0 Å². The summed E-state index contributed by atoms with van der Waals surface area (Å²) in [6.45, 7) is 7.58. The number of nitrogens with two attached hydrogens (primary N) is 1. The second kappa shape index (κ2) is 6.19. The van der Waals surface area contributed by atoms with Crippen molar-refractivity contribution in [3.05, 3.63) is 23.8 Å². The van der Waals surface area contributed by atoms with Crippen LogP contribution in [0.4, 0.5) is 11.4 Å². The highest BCUT2D eigenvalue weighted by molar-refractivity contribution is 7.86. The van der Waals surface area contributed by atoms with Crippen LogP contribution in [0.15, 0.2) is 18.2 Å². The zero-order chi connectivity index (χ0) is 14.6. The molecular formula is C14H22N2O2S. The number of anilines is 2. The minimum absolute atomic E-state index is 0.133. The predicted octanol–water partition coefficient (Wildman–Crippen LogP) is 2.45. The van der Waals surface area contributed by atoms with Crippen molar-refractivity contribution in [2.45, 2.75) is 38.9 Å². The van der Waals surface area contributed by atoms with Gasteiger partial charge in [0.25, 0.3) is 0 Å². The van der Waals surface area contributed by atoms with Crippen molar-refractivity contribution in [2.75, 3.05) is 16.8 Å². The lowest BCUT2D eigenvalue weighted by molar-refractivity contribution is -0.115. The van der Waals surface area contributed by atoms with Gasteiger partial charge in [-0.2, -0.15) is 0 Å². The standard InChI is InChI=1S/C14H22N2O2S/c1-10-11(15)6-5-7-12(10)16-13(17)8-9-19(18)14(2,3)4/h5-7H,8-9,15H2,1-4H3,(H,16,17). The number of benzene rings is 1. The molecule has 0 aromatic heterocycles. The van der Waals surface area contributed by atoms with Gasteiger partial charge in [0.2, 0.25) is 5.91 Å². The van der Waals surface area contributed by atoms with E-state index in [-0.39, 0.29) is 17.1 Å². The van der Waals surface area contributed by atoms with Gasteiger partial charge in [0, 0.05) is 39.1 Å². The highest BCUT2D eigenvalue weighted by Gasteiger charge is 2.20. The molecule has 0 heterocycles. The van der Waals surface area contributed by atoms with E-state index in [1.807, 2.05) is 33.8 Å². The second-order valence-corrected chi connectivity index (χ2v) is 7.80. The van der Waals surface area contributed by atoms with Crippen LogP contribution in [0.3, 0.4) is 0 Å². The number of carbonyl (C=O) groups is 1. The summed E-state index contributed by atoms with van der Waals surface area (Å²) < 4.78 is 11.6. The Balaban J connectivity index is 2.57. The third-order valence-electron chi connectivity index (χ3n) is 2.85. The van der Waals surface area contributed by atoms with Crippen molar-refractivity contribution in [1.29, 1.82) is 0 Å². The van der Waals surface area contributed by atoms with Gasteiger partial charge in [-0.1, -0.05) is 6.07 Å². The van der Waals surface area contributed by atoms with Crippen LogP contribution in [0.5, 0.6) is 0 Å². The van der Waals surface area contributed by atoms with Gasteiger partial charge in [0.15, 0.2) is 0 Å². The molecule has 1 unspecified atom stereocenters. The molecule has 0 bridgehead atoms. The van der Waals surface area contributed by atoms with E-state index in [0.717, 1.165) is 5.56 Å². The van der Waals surface area contributed by atoms with Gasteiger partial charge in [0.05, 0.1) is 0 Å². The monoisotopic (exact) mass is 282 g/mol. The van der Waals surface area contributed by atoms with Gasteiger partial charge in [0.1, 0.15) is 0 Å². The number of nitrogen functional groups attached to an aromatic ring is 1. The SMILES string of the molecule is Cc1c(N)cccc1NC(=O)CCS(=O)C(C)(C)C. The molecule has 1 aromatic carbocycles. The van der Waals surface area contributed by atoms with E-state index in [0.29, 0.717) is 17.1 Å². The van der Waals surface area contributed by atoms with Gasteiger partial charge in [-0.25, -0.2) is 0 Å². The highest BCUT2D eigenvalue weighted by atomic mass is 32.2. The van der Waals surface area contributed by atoms with E-state index in [2.05, 4.69) is 5.32 Å². The summed E-state index contributed by atoms with van der Waals surface area (Å²) in [6, 6.07) is 5.40. The Morgan fingerprint density at radius 1 is 1.37 bits per heavy atom. The summed E-state index contributed by atoms with van der Waals surface area (Å²) in [5, 5.41) is 2.80. The average molecular weight is 282 g/mol. The van der Waals surface area contributed by atoms with E-state index in [4.69, 9.17) is 5.73 Å². The summed E-state index contributed by atoms with van der Waals surface area (Å²) in [5.74, 6) is 0.239. The number of amides is 1. The number of carbonyl (C=O) groups excluding carboxylic acids is 1. The minimum atomic E-state index is -1.01. The average Bonchev–Trinajstić information content (AvgIpc) is 2.30. The number of hydrogen-bond donors (Lipinski definition) is 2. The fraction of sp³-hybridized carbons (Fsp3) is 0.500. The zero-order valence-corrected chi connectivity index (χ0v) is 12.8. The second-order valence-electron chi connectivity index (χ2n) is 5.48. The first-order valence-corrected chi connectivity index (χ1v) is 7.57. The molecule has 0 spiro atoms. The molecule has 0 aliphatic rings. The van der Waals surface area contributed by atoms with Crippen LogP contribution in [0.25, 0.3) is 0 Å². The maximum absolute atomic E-state index is 11.9. The molecule has 1 atom stereocenters. The van der Waals surface area contributed by atoms with Gasteiger partial charge in [-0.15, -0.1) is 0 Å². The van der Waals surface area contributed by atoms with Crippen molar-refractivity contribution >= 4 is 28.1 Å². The number of nitrogens with one attached hydrogen (secondary N) is 1. The summed E-state index contributed by atoms with van der Waals surface area (Å²) >= 11 is 0. The topological polar surface area (TPSA) is 72.2 Å². The highest BCUT2D eigenvalue weighted by Crippen LogP contribution is 2.20. The normalized spacial score (nSPS) is 13.1. The fourth-order valence-electron chi connectivity index (χ4n) is 1.49. The van der Waals surface area contributed by atoms with Crippen molar-refractivity contribution in [3.8, 4) is 0 Å². The van der Waals surface area contributed by atoms with E-state index in [1.54, 1.807) is 12.1 Å².